The maximum absolute atomic E-state index is 11.6. The van der Waals surface area contributed by atoms with Gasteiger partial charge in [0, 0.05) is 19.2 Å². The number of methoxy groups -OCH3 is 2. The molecule has 1 aromatic heterocycles. The molecule has 1 aliphatic heterocycles. The molecule has 11 nitrogen and oxygen atoms in total. The molecular weight excluding hydrogens is 380 g/mol. The molecule has 0 aliphatic carbocycles. The summed E-state index contributed by atoms with van der Waals surface area (Å²) in [5.41, 5.74) is 5.97. The van der Waals surface area contributed by atoms with E-state index in [0.29, 0.717) is 36.2 Å². The number of hydrogen-bond donors (Lipinski definition) is 2. The Morgan fingerprint density at radius 3 is 2.52 bits per heavy atom. The summed E-state index contributed by atoms with van der Waals surface area (Å²) >= 11 is 0. The molecule has 2 aromatic rings. The largest absolute Gasteiger partial charge is 0.497 e. The van der Waals surface area contributed by atoms with Gasteiger partial charge in [-0.1, -0.05) is 0 Å². The van der Waals surface area contributed by atoms with Gasteiger partial charge in [-0.05, 0) is 26.0 Å². The molecule has 0 saturated carbocycles. The fraction of sp³-hybridized carbons (Fsp3) is 0.444. The molecule has 0 unspecified atom stereocenters. The standard InChI is InChI=1S/C18H24N6O5/c1-10-8-23(9-11(2)29-10)18-21-16(19)15(24(25)26)17(22-18)20-13-7-12(27-3)5-6-14(13)28-4/h5-7,10-11H,8-9H2,1-4H3,(H3,19,20,21,22)/t10-,11-/m1/s1. The number of anilines is 4. The molecule has 0 radical (unpaired) electrons. The highest BCUT2D eigenvalue weighted by molar-refractivity contribution is 5.77. The monoisotopic (exact) mass is 404 g/mol. The van der Waals surface area contributed by atoms with Gasteiger partial charge in [-0.2, -0.15) is 9.97 Å². The Morgan fingerprint density at radius 2 is 1.93 bits per heavy atom. The number of nitrogens with zero attached hydrogens (tertiary/aromatic N) is 4. The van der Waals surface area contributed by atoms with Gasteiger partial charge in [0.05, 0.1) is 37.0 Å². The van der Waals surface area contributed by atoms with E-state index >= 15 is 0 Å². The zero-order valence-electron chi connectivity index (χ0n) is 16.7. The van der Waals surface area contributed by atoms with E-state index in [0.717, 1.165) is 0 Å². The summed E-state index contributed by atoms with van der Waals surface area (Å²) in [4.78, 5) is 21.5. The van der Waals surface area contributed by atoms with Crippen molar-refractivity contribution in [2.45, 2.75) is 26.1 Å². The molecule has 1 saturated heterocycles. The van der Waals surface area contributed by atoms with Crippen LogP contribution in [0.4, 0.5) is 29.0 Å². The van der Waals surface area contributed by atoms with Crippen LogP contribution in [-0.2, 0) is 4.74 Å². The lowest BCUT2D eigenvalue weighted by atomic mass is 10.2. The topological polar surface area (TPSA) is 138 Å². The molecule has 3 rings (SSSR count). The molecule has 11 heteroatoms. The molecule has 0 spiro atoms. The Kier molecular flexibility index (Phi) is 5.87. The number of nitrogen functional groups attached to an aromatic ring is 1. The summed E-state index contributed by atoms with van der Waals surface area (Å²) in [6.45, 7) is 4.97. The van der Waals surface area contributed by atoms with E-state index < -0.39 is 10.6 Å². The van der Waals surface area contributed by atoms with Gasteiger partial charge in [0.15, 0.2) is 0 Å². The van der Waals surface area contributed by atoms with Crippen LogP contribution >= 0.6 is 0 Å². The number of benzene rings is 1. The number of nitrogens with two attached hydrogens (primary N) is 1. The Morgan fingerprint density at radius 1 is 1.24 bits per heavy atom. The third-order valence-corrected chi connectivity index (χ3v) is 4.44. The number of nitrogens with one attached hydrogen (secondary N) is 1. The minimum Gasteiger partial charge on any atom is -0.497 e. The first-order chi connectivity index (χ1) is 13.8. The summed E-state index contributed by atoms with van der Waals surface area (Å²) in [7, 11) is 3.02. The van der Waals surface area contributed by atoms with Gasteiger partial charge in [-0.15, -0.1) is 0 Å². The SMILES string of the molecule is COc1ccc(OC)c(Nc2nc(N3C[C@@H](C)O[C@H](C)C3)nc(N)c2[N+](=O)[O-])c1. The molecule has 2 atom stereocenters. The van der Waals surface area contributed by atoms with Crippen LogP contribution in [0.3, 0.4) is 0 Å². The Balaban J connectivity index is 2.05. The maximum atomic E-state index is 11.6. The van der Waals surface area contributed by atoms with Crippen molar-refractivity contribution in [2.24, 2.45) is 0 Å². The molecule has 1 aromatic carbocycles. The van der Waals surface area contributed by atoms with Crippen LogP contribution in [0.5, 0.6) is 11.5 Å². The quantitative estimate of drug-likeness (QED) is 0.545. The molecule has 156 valence electrons. The van der Waals surface area contributed by atoms with Gasteiger partial charge in [0.25, 0.3) is 0 Å². The van der Waals surface area contributed by atoms with E-state index in [-0.39, 0.29) is 23.8 Å². The number of rotatable bonds is 6. The molecule has 1 fully saturated rings. The normalized spacial score (nSPS) is 19.0. The smallest absolute Gasteiger partial charge is 0.353 e. The maximum Gasteiger partial charge on any atom is 0.353 e. The van der Waals surface area contributed by atoms with Gasteiger partial charge in [-0.3, -0.25) is 10.1 Å². The second-order valence-electron chi connectivity index (χ2n) is 6.72. The summed E-state index contributed by atoms with van der Waals surface area (Å²) in [6, 6.07) is 5.05. The molecule has 0 amide bonds. The lowest BCUT2D eigenvalue weighted by Crippen LogP contribution is -2.46. The fourth-order valence-electron chi connectivity index (χ4n) is 3.25. The van der Waals surface area contributed by atoms with Crippen LogP contribution in [0.1, 0.15) is 13.8 Å². The van der Waals surface area contributed by atoms with Crippen molar-refractivity contribution in [1.29, 1.82) is 0 Å². The van der Waals surface area contributed by atoms with Gasteiger partial charge in [0.2, 0.25) is 17.6 Å². The fourth-order valence-corrected chi connectivity index (χ4v) is 3.25. The van der Waals surface area contributed by atoms with Crippen molar-refractivity contribution in [3.63, 3.8) is 0 Å². The molecule has 3 N–H and O–H groups in total. The predicted molar refractivity (Wildman–Crippen MR) is 108 cm³/mol. The Hall–Kier alpha value is -3.34. The average molecular weight is 404 g/mol. The third kappa shape index (κ3) is 4.40. The van der Waals surface area contributed by atoms with Crippen molar-refractivity contribution < 1.29 is 19.1 Å². The van der Waals surface area contributed by atoms with Crippen LogP contribution in [0.25, 0.3) is 0 Å². The molecular formula is C18H24N6O5. The van der Waals surface area contributed by atoms with Crippen molar-refractivity contribution in [1.82, 2.24) is 9.97 Å². The Bertz CT molecular complexity index is 899. The van der Waals surface area contributed by atoms with Gasteiger partial charge in [0.1, 0.15) is 11.5 Å². The number of ether oxygens (including phenoxy) is 3. The first-order valence-corrected chi connectivity index (χ1v) is 9.03. The summed E-state index contributed by atoms with van der Waals surface area (Å²) in [5, 5.41) is 14.6. The first-order valence-electron chi connectivity index (χ1n) is 9.03. The second-order valence-corrected chi connectivity index (χ2v) is 6.72. The van der Waals surface area contributed by atoms with E-state index in [2.05, 4.69) is 15.3 Å². The lowest BCUT2D eigenvalue weighted by molar-refractivity contribution is -0.383. The molecule has 29 heavy (non-hydrogen) atoms. The van der Waals surface area contributed by atoms with E-state index in [1.165, 1.54) is 14.2 Å². The highest BCUT2D eigenvalue weighted by Gasteiger charge is 2.29. The Labute approximate surface area is 167 Å². The van der Waals surface area contributed by atoms with Crippen LogP contribution in [-0.4, -0.2) is 54.4 Å². The number of morpholine rings is 1. The van der Waals surface area contributed by atoms with Crippen molar-refractivity contribution in [2.75, 3.05) is 43.3 Å². The second kappa shape index (κ2) is 8.35. The van der Waals surface area contributed by atoms with Crippen LogP contribution in [0.15, 0.2) is 18.2 Å². The highest BCUT2D eigenvalue weighted by atomic mass is 16.6. The van der Waals surface area contributed by atoms with Crippen molar-refractivity contribution >= 4 is 29.0 Å². The zero-order valence-corrected chi connectivity index (χ0v) is 16.7. The molecule has 1 aliphatic rings. The molecule has 2 heterocycles. The van der Waals surface area contributed by atoms with E-state index in [4.69, 9.17) is 19.9 Å². The molecule has 0 bridgehead atoms. The van der Waals surface area contributed by atoms with Gasteiger partial charge >= 0.3 is 5.69 Å². The minimum absolute atomic E-state index is 0.0316. The predicted octanol–water partition coefficient (Wildman–Crippen LogP) is 2.34. The van der Waals surface area contributed by atoms with Gasteiger partial charge in [-0.25, -0.2) is 0 Å². The van der Waals surface area contributed by atoms with Crippen molar-refractivity contribution in [3.8, 4) is 11.5 Å². The number of aromatic nitrogens is 2. The van der Waals surface area contributed by atoms with Crippen molar-refractivity contribution in [3.05, 3.63) is 28.3 Å². The number of nitro groups is 1. The minimum atomic E-state index is -0.612. The van der Waals surface area contributed by atoms with E-state index in [1.54, 1.807) is 18.2 Å². The van der Waals surface area contributed by atoms with E-state index in [9.17, 15) is 10.1 Å². The van der Waals surface area contributed by atoms with Crippen LogP contribution < -0.4 is 25.4 Å². The zero-order chi connectivity index (χ0) is 21.1. The average Bonchev–Trinajstić information content (AvgIpc) is 2.66. The summed E-state index contributed by atoms with van der Waals surface area (Å²) < 4.78 is 16.3. The van der Waals surface area contributed by atoms with E-state index in [1.807, 2.05) is 18.7 Å². The van der Waals surface area contributed by atoms with Gasteiger partial charge < -0.3 is 30.2 Å². The summed E-state index contributed by atoms with van der Waals surface area (Å²) in [6.07, 6.45) is -0.0673. The van der Waals surface area contributed by atoms with Crippen LogP contribution in [0, 0.1) is 10.1 Å². The van der Waals surface area contributed by atoms with Crippen LogP contribution in [0.2, 0.25) is 0 Å². The summed E-state index contributed by atoms with van der Waals surface area (Å²) in [5.74, 6) is 1.05. The lowest BCUT2D eigenvalue weighted by Gasteiger charge is -2.35. The highest BCUT2D eigenvalue weighted by Crippen LogP contribution is 2.37. The first kappa shape index (κ1) is 20.4. The third-order valence-electron chi connectivity index (χ3n) is 4.44. The number of hydrogen-bond acceptors (Lipinski definition) is 10.